The van der Waals surface area contributed by atoms with E-state index in [1.165, 1.54) is 5.56 Å². The van der Waals surface area contributed by atoms with Gasteiger partial charge in [-0.25, -0.2) is 4.79 Å². The molecule has 1 heterocycles. The topological polar surface area (TPSA) is 48.1 Å². The van der Waals surface area contributed by atoms with Crippen molar-refractivity contribution >= 4 is 11.7 Å². The van der Waals surface area contributed by atoms with Crippen LogP contribution in [0.25, 0.3) is 0 Å². The fraction of sp³-hybridized carbons (Fsp3) is 0.346. The molecule has 1 aliphatic carbocycles. The third-order valence-electron chi connectivity index (χ3n) is 6.39. The Morgan fingerprint density at radius 1 is 0.933 bits per heavy atom. The molecule has 0 spiro atoms. The van der Waals surface area contributed by atoms with E-state index in [1.807, 2.05) is 49.2 Å². The van der Waals surface area contributed by atoms with Gasteiger partial charge in [0.05, 0.1) is 6.54 Å². The van der Waals surface area contributed by atoms with E-state index in [4.69, 9.17) is 0 Å². The van der Waals surface area contributed by atoms with E-state index in [-0.39, 0.29) is 12.1 Å². The van der Waals surface area contributed by atoms with Crippen LogP contribution in [0.4, 0.5) is 10.5 Å². The standard InChI is InChI=1S/C26H31N3O/c1-19-8-6-9-20(2)25(19)28-26(30)29(18-23-12-7-17-27-23)24-15-13-22(14-16-24)21-10-4-3-5-11-21/h3-12,17,22,24,27H,13-16,18H2,1-2H3,(H,28,30). The van der Waals surface area contributed by atoms with Crippen molar-refractivity contribution in [1.29, 1.82) is 0 Å². The van der Waals surface area contributed by atoms with Gasteiger partial charge < -0.3 is 15.2 Å². The van der Waals surface area contributed by atoms with Crippen LogP contribution in [-0.2, 0) is 6.54 Å². The molecule has 3 aromatic rings. The zero-order valence-corrected chi connectivity index (χ0v) is 17.9. The van der Waals surface area contributed by atoms with E-state index in [0.29, 0.717) is 12.5 Å². The van der Waals surface area contributed by atoms with Gasteiger partial charge in [0.1, 0.15) is 0 Å². The maximum Gasteiger partial charge on any atom is 0.322 e. The van der Waals surface area contributed by atoms with Gasteiger partial charge >= 0.3 is 6.03 Å². The van der Waals surface area contributed by atoms with E-state index >= 15 is 0 Å². The number of hydrogen-bond acceptors (Lipinski definition) is 1. The molecule has 4 rings (SSSR count). The summed E-state index contributed by atoms with van der Waals surface area (Å²) in [6, 6.07) is 21.2. The van der Waals surface area contributed by atoms with Gasteiger partial charge in [0.25, 0.3) is 0 Å². The monoisotopic (exact) mass is 401 g/mol. The second-order valence-corrected chi connectivity index (χ2v) is 8.44. The number of aryl methyl sites for hydroxylation is 2. The first-order valence-electron chi connectivity index (χ1n) is 10.9. The Morgan fingerprint density at radius 3 is 2.27 bits per heavy atom. The summed E-state index contributed by atoms with van der Waals surface area (Å²) in [5.41, 5.74) is 5.60. The quantitative estimate of drug-likeness (QED) is 0.511. The van der Waals surface area contributed by atoms with Crippen LogP contribution >= 0.6 is 0 Å². The van der Waals surface area contributed by atoms with E-state index < -0.39 is 0 Å². The maximum atomic E-state index is 13.4. The second kappa shape index (κ2) is 9.21. The molecule has 156 valence electrons. The van der Waals surface area contributed by atoms with E-state index in [2.05, 4.69) is 46.7 Å². The molecule has 0 aliphatic heterocycles. The number of anilines is 1. The van der Waals surface area contributed by atoms with E-state index in [0.717, 1.165) is 48.2 Å². The maximum absolute atomic E-state index is 13.4. The first-order valence-corrected chi connectivity index (χ1v) is 10.9. The van der Waals surface area contributed by atoms with Crippen LogP contribution in [0.15, 0.2) is 66.9 Å². The molecule has 0 unspecified atom stereocenters. The number of H-pyrrole nitrogens is 1. The predicted octanol–water partition coefficient (Wildman–Crippen LogP) is 6.39. The normalized spacial score (nSPS) is 18.7. The molecule has 30 heavy (non-hydrogen) atoms. The van der Waals surface area contributed by atoms with Crippen molar-refractivity contribution in [3.63, 3.8) is 0 Å². The minimum absolute atomic E-state index is 0.00911. The summed E-state index contributed by atoms with van der Waals surface area (Å²) in [5, 5.41) is 3.20. The van der Waals surface area contributed by atoms with Crippen LogP contribution in [-0.4, -0.2) is 22.0 Å². The average molecular weight is 402 g/mol. The molecule has 0 atom stereocenters. The fourth-order valence-electron chi connectivity index (χ4n) is 4.65. The summed E-state index contributed by atoms with van der Waals surface area (Å²) < 4.78 is 0. The van der Waals surface area contributed by atoms with Crippen molar-refractivity contribution < 1.29 is 4.79 Å². The Bertz CT molecular complexity index is 937. The lowest BCUT2D eigenvalue weighted by Crippen LogP contribution is -2.44. The summed E-state index contributed by atoms with van der Waals surface area (Å²) >= 11 is 0. The summed E-state index contributed by atoms with van der Waals surface area (Å²) in [5.74, 6) is 0.594. The first kappa shape index (κ1) is 20.3. The highest BCUT2D eigenvalue weighted by molar-refractivity contribution is 5.91. The molecule has 2 N–H and O–H groups in total. The van der Waals surface area contributed by atoms with Crippen molar-refractivity contribution in [2.45, 2.75) is 58.0 Å². The Morgan fingerprint density at radius 2 is 1.63 bits per heavy atom. The summed E-state index contributed by atoms with van der Waals surface area (Å²) in [6.45, 7) is 4.69. The Kier molecular flexibility index (Phi) is 6.22. The number of carbonyl (C=O) groups is 1. The highest BCUT2D eigenvalue weighted by Crippen LogP contribution is 2.35. The average Bonchev–Trinajstić information content (AvgIpc) is 3.29. The van der Waals surface area contributed by atoms with Crippen molar-refractivity contribution in [3.8, 4) is 0 Å². The number of nitrogens with one attached hydrogen (secondary N) is 2. The molecule has 1 aromatic heterocycles. The number of hydrogen-bond donors (Lipinski definition) is 2. The molecule has 1 saturated carbocycles. The Hall–Kier alpha value is -3.01. The van der Waals surface area contributed by atoms with Crippen LogP contribution in [0, 0.1) is 13.8 Å². The van der Waals surface area contributed by atoms with Crippen LogP contribution in [0.2, 0.25) is 0 Å². The lowest BCUT2D eigenvalue weighted by Gasteiger charge is -2.37. The van der Waals surface area contributed by atoms with Gasteiger partial charge in [0.2, 0.25) is 0 Å². The number of aromatic nitrogens is 1. The molecule has 2 amide bonds. The fourth-order valence-corrected chi connectivity index (χ4v) is 4.65. The summed E-state index contributed by atoms with van der Waals surface area (Å²) in [4.78, 5) is 18.7. The molecule has 0 radical (unpaired) electrons. The van der Waals surface area contributed by atoms with Gasteiger partial charge in [-0.3, -0.25) is 0 Å². The van der Waals surface area contributed by atoms with Gasteiger partial charge in [-0.2, -0.15) is 0 Å². The number of aromatic amines is 1. The third kappa shape index (κ3) is 4.59. The van der Waals surface area contributed by atoms with Crippen LogP contribution < -0.4 is 5.32 Å². The SMILES string of the molecule is Cc1cccc(C)c1NC(=O)N(Cc1ccc[nH]1)C1CCC(c2ccccc2)CC1. The second-order valence-electron chi connectivity index (χ2n) is 8.44. The molecular formula is C26H31N3O. The van der Waals surface area contributed by atoms with Crippen LogP contribution in [0.3, 0.4) is 0 Å². The number of rotatable bonds is 5. The summed E-state index contributed by atoms with van der Waals surface area (Å²) in [7, 11) is 0. The molecule has 0 saturated heterocycles. The van der Waals surface area contributed by atoms with E-state index in [1.54, 1.807) is 0 Å². The largest absolute Gasteiger partial charge is 0.364 e. The smallest absolute Gasteiger partial charge is 0.322 e. The first-order chi connectivity index (χ1) is 14.6. The number of urea groups is 1. The van der Waals surface area contributed by atoms with Crippen LogP contribution in [0.5, 0.6) is 0 Å². The van der Waals surface area contributed by atoms with Gasteiger partial charge in [0, 0.05) is 23.6 Å². The van der Waals surface area contributed by atoms with Crippen molar-refractivity contribution in [2.75, 3.05) is 5.32 Å². The van der Waals surface area contributed by atoms with Crippen molar-refractivity contribution in [1.82, 2.24) is 9.88 Å². The molecule has 1 fully saturated rings. The lowest BCUT2D eigenvalue weighted by atomic mass is 9.81. The molecule has 4 heteroatoms. The van der Waals surface area contributed by atoms with Crippen molar-refractivity contribution in [3.05, 3.63) is 89.2 Å². The Balaban J connectivity index is 1.49. The van der Waals surface area contributed by atoms with Gasteiger partial charge in [-0.1, -0.05) is 48.5 Å². The zero-order chi connectivity index (χ0) is 20.9. The highest BCUT2D eigenvalue weighted by Gasteiger charge is 2.30. The number of benzene rings is 2. The van der Waals surface area contributed by atoms with Gasteiger partial charge in [-0.05, 0) is 74.3 Å². The molecule has 1 aliphatic rings. The zero-order valence-electron chi connectivity index (χ0n) is 17.9. The number of carbonyl (C=O) groups excluding carboxylic acids is 1. The van der Waals surface area contributed by atoms with Crippen LogP contribution in [0.1, 0.15) is 54.0 Å². The third-order valence-corrected chi connectivity index (χ3v) is 6.39. The minimum atomic E-state index is -0.00911. The van der Waals surface area contributed by atoms with E-state index in [9.17, 15) is 4.79 Å². The van der Waals surface area contributed by atoms with Gasteiger partial charge in [0.15, 0.2) is 0 Å². The minimum Gasteiger partial charge on any atom is -0.364 e. The van der Waals surface area contributed by atoms with Crippen molar-refractivity contribution in [2.24, 2.45) is 0 Å². The molecule has 0 bridgehead atoms. The molecule has 4 nitrogen and oxygen atoms in total. The Labute approximate surface area is 179 Å². The molecular weight excluding hydrogens is 370 g/mol. The lowest BCUT2D eigenvalue weighted by molar-refractivity contribution is 0.157. The predicted molar refractivity (Wildman–Crippen MR) is 123 cm³/mol. The number of para-hydroxylation sites is 1. The number of nitrogens with zero attached hydrogens (tertiary/aromatic N) is 1. The number of amides is 2. The van der Waals surface area contributed by atoms with Gasteiger partial charge in [-0.15, -0.1) is 0 Å². The summed E-state index contributed by atoms with van der Waals surface area (Å²) in [6.07, 6.45) is 6.21. The molecule has 2 aromatic carbocycles. The highest BCUT2D eigenvalue weighted by atomic mass is 16.2.